The highest BCUT2D eigenvalue weighted by Crippen LogP contribution is 2.56. The maximum Gasteiger partial charge on any atom is 0.00104 e. The van der Waals surface area contributed by atoms with Gasteiger partial charge < -0.3 is 5.32 Å². The molecule has 1 aliphatic rings. The Bertz CT molecular complexity index is 379. The minimum atomic E-state index is 0.466. The molecule has 18 heavy (non-hydrogen) atoms. The summed E-state index contributed by atoms with van der Waals surface area (Å²) in [5, 5.41) is 3.59. The lowest BCUT2D eigenvalue weighted by atomic mass is 9.89. The molecule has 1 fully saturated rings. The Kier molecular flexibility index (Phi) is 4.11. The second-order valence-corrected chi connectivity index (χ2v) is 6.02. The van der Waals surface area contributed by atoms with E-state index >= 15 is 0 Å². The number of rotatable bonds is 6. The molecule has 0 saturated heterocycles. The van der Waals surface area contributed by atoms with Crippen LogP contribution in [-0.2, 0) is 11.8 Å². The summed E-state index contributed by atoms with van der Waals surface area (Å²) in [6.45, 7) is 10.2. The zero-order valence-corrected chi connectivity index (χ0v) is 12.3. The number of benzene rings is 1. The van der Waals surface area contributed by atoms with E-state index in [-0.39, 0.29) is 0 Å². The maximum atomic E-state index is 3.59. The predicted molar refractivity (Wildman–Crippen MR) is 79.0 cm³/mol. The van der Waals surface area contributed by atoms with Crippen molar-refractivity contribution >= 4 is 0 Å². The molecule has 0 spiro atoms. The van der Waals surface area contributed by atoms with Crippen LogP contribution in [0, 0.1) is 5.92 Å². The fourth-order valence-corrected chi connectivity index (χ4v) is 3.09. The molecule has 0 bridgehead atoms. The van der Waals surface area contributed by atoms with Gasteiger partial charge in [0, 0.05) is 6.04 Å². The molecule has 0 aromatic heterocycles. The normalized spacial score (nSPS) is 26.6. The van der Waals surface area contributed by atoms with Gasteiger partial charge >= 0.3 is 0 Å². The fraction of sp³-hybridized carbons (Fsp3) is 0.647. The van der Waals surface area contributed by atoms with Crippen molar-refractivity contribution in [3.63, 3.8) is 0 Å². The molecule has 1 N–H and O–H groups in total. The van der Waals surface area contributed by atoms with E-state index < -0.39 is 0 Å². The standard InChI is InChI=1S/C17H27N/c1-5-14-7-9-15(10-8-14)17(6-2)11-16(17)12-18-13(3)4/h7-10,13,16,18H,5-6,11-12H2,1-4H3. The van der Waals surface area contributed by atoms with Crippen molar-refractivity contribution in [3.05, 3.63) is 35.4 Å². The average Bonchev–Trinajstić information content (AvgIpc) is 3.11. The Morgan fingerprint density at radius 2 is 1.89 bits per heavy atom. The average molecular weight is 245 g/mol. The number of hydrogen-bond donors (Lipinski definition) is 1. The van der Waals surface area contributed by atoms with Crippen LogP contribution in [0.3, 0.4) is 0 Å². The monoisotopic (exact) mass is 245 g/mol. The molecule has 1 aromatic rings. The van der Waals surface area contributed by atoms with Gasteiger partial charge in [-0.15, -0.1) is 0 Å². The summed E-state index contributed by atoms with van der Waals surface area (Å²) in [5.74, 6) is 0.831. The Labute approximate surface area is 112 Å². The zero-order chi connectivity index (χ0) is 13.2. The third kappa shape index (κ3) is 2.61. The van der Waals surface area contributed by atoms with Gasteiger partial charge in [-0.25, -0.2) is 0 Å². The summed E-state index contributed by atoms with van der Waals surface area (Å²) < 4.78 is 0. The van der Waals surface area contributed by atoms with Crippen LogP contribution < -0.4 is 5.32 Å². The fourth-order valence-electron chi connectivity index (χ4n) is 3.09. The van der Waals surface area contributed by atoms with Crippen LogP contribution in [0.15, 0.2) is 24.3 Å². The second-order valence-electron chi connectivity index (χ2n) is 6.02. The Balaban J connectivity index is 2.05. The Hall–Kier alpha value is -0.820. The van der Waals surface area contributed by atoms with Crippen LogP contribution in [0.2, 0.25) is 0 Å². The first-order chi connectivity index (χ1) is 8.62. The van der Waals surface area contributed by atoms with Crippen LogP contribution in [0.1, 0.15) is 51.7 Å². The van der Waals surface area contributed by atoms with Gasteiger partial charge in [-0.05, 0) is 48.3 Å². The molecule has 100 valence electrons. The third-order valence-electron chi connectivity index (χ3n) is 4.57. The second kappa shape index (κ2) is 5.44. The first-order valence-corrected chi connectivity index (χ1v) is 7.45. The molecule has 0 amide bonds. The van der Waals surface area contributed by atoms with Crippen molar-refractivity contribution < 1.29 is 0 Å². The van der Waals surface area contributed by atoms with Crippen LogP contribution in [0.25, 0.3) is 0 Å². The first kappa shape index (κ1) is 13.6. The van der Waals surface area contributed by atoms with E-state index in [9.17, 15) is 0 Å². The van der Waals surface area contributed by atoms with Gasteiger partial charge in [0.05, 0.1) is 0 Å². The van der Waals surface area contributed by atoms with Gasteiger partial charge in [0.1, 0.15) is 0 Å². The molecular formula is C17H27N. The van der Waals surface area contributed by atoms with Gasteiger partial charge in [-0.2, -0.15) is 0 Å². The lowest BCUT2D eigenvalue weighted by molar-refractivity contribution is 0.506. The topological polar surface area (TPSA) is 12.0 Å². The van der Waals surface area contributed by atoms with Crippen molar-refractivity contribution in [1.29, 1.82) is 0 Å². The zero-order valence-electron chi connectivity index (χ0n) is 12.3. The molecule has 1 nitrogen and oxygen atoms in total. The van der Waals surface area contributed by atoms with Crippen molar-refractivity contribution in [3.8, 4) is 0 Å². The number of hydrogen-bond acceptors (Lipinski definition) is 1. The van der Waals surface area contributed by atoms with E-state index in [1.807, 2.05) is 0 Å². The minimum absolute atomic E-state index is 0.466. The lowest BCUT2D eigenvalue weighted by Crippen LogP contribution is -2.27. The van der Waals surface area contributed by atoms with Crippen molar-refractivity contribution in [2.75, 3.05) is 6.54 Å². The first-order valence-electron chi connectivity index (χ1n) is 7.45. The van der Waals surface area contributed by atoms with E-state index in [4.69, 9.17) is 0 Å². The molecule has 0 aliphatic heterocycles. The van der Waals surface area contributed by atoms with Crippen molar-refractivity contribution in [2.24, 2.45) is 5.92 Å². The van der Waals surface area contributed by atoms with Gasteiger partial charge in [-0.1, -0.05) is 52.0 Å². The highest BCUT2D eigenvalue weighted by atomic mass is 14.9. The molecule has 2 rings (SSSR count). The summed E-state index contributed by atoms with van der Waals surface area (Å²) in [6.07, 6.45) is 3.76. The smallest absolute Gasteiger partial charge is 0.00104 e. The molecule has 1 heteroatoms. The molecule has 1 aromatic carbocycles. The maximum absolute atomic E-state index is 3.59. The molecule has 0 radical (unpaired) electrons. The molecule has 2 unspecified atom stereocenters. The van der Waals surface area contributed by atoms with Crippen LogP contribution in [-0.4, -0.2) is 12.6 Å². The molecule has 1 saturated carbocycles. The summed E-state index contributed by atoms with van der Waals surface area (Å²) >= 11 is 0. The number of aryl methyl sites for hydroxylation is 1. The van der Waals surface area contributed by atoms with Crippen LogP contribution in [0.5, 0.6) is 0 Å². The van der Waals surface area contributed by atoms with Gasteiger partial charge in [0.25, 0.3) is 0 Å². The van der Waals surface area contributed by atoms with Gasteiger partial charge in [0.2, 0.25) is 0 Å². The van der Waals surface area contributed by atoms with Crippen molar-refractivity contribution in [1.82, 2.24) is 5.32 Å². The quantitative estimate of drug-likeness (QED) is 0.801. The van der Waals surface area contributed by atoms with E-state index in [2.05, 4.69) is 57.3 Å². The van der Waals surface area contributed by atoms with Crippen LogP contribution >= 0.6 is 0 Å². The van der Waals surface area contributed by atoms with Gasteiger partial charge in [0.15, 0.2) is 0 Å². The molecular weight excluding hydrogens is 218 g/mol. The summed E-state index contributed by atoms with van der Waals surface area (Å²) in [4.78, 5) is 0. The predicted octanol–water partition coefficient (Wildman–Crippen LogP) is 3.91. The van der Waals surface area contributed by atoms with Crippen molar-refractivity contribution in [2.45, 2.75) is 58.4 Å². The number of nitrogens with one attached hydrogen (secondary N) is 1. The van der Waals surface area contributed by atoms with E-state index in [1.54, 1.807) is 5.56 Å². The highest BCUT2D eigenvalue weighted by molar-refractivity contribution is 5.35. The summed E-state index contributed by atoms with van der Waals surface area (Å²) in [6, 6.07) is 9.92. The Morgan fingerprint density at radius 1 is 1.22 bits per heavy atom. The van der Waals surface area contributed by atoms with E-state index in [0.29, 0.717) is 11.5 Å². The molecule has 1 aliphatic carbocycles. The minimum Gasteiger partial charge on any atom is -0.314 e. The summed E-state index contributed by atoms with van der Waals surface area (Å²) in [7, 11) is 0. The Morgan fingerprint density at radius 3 is 2.39 bits per heavy atom. The largest absolute Gasteiger partial charge is 0.314 e. The molecule has 2 atom stereocenters. The van der Waals surface area contributed by atoms with E-state index in [0.717, 1.165) is 12.3 Å². The van der Waals surface area contributed by atoms with Crippen LogP contribution in [0.4, 0.5) is 0 Å². The van der Waals surface area contributed by atoms with E-state index in [1.165, 1.54) is 24.9 Å². The van der Waals surface area contributed by atoms with Gasteiger partial charge in [-0.3, -0.25) is 0 Å². The summed E-state index contributed by atoms with van der Waals surface area (Å²) in [5.41, 5.74) is 3.47. The third-order valence-corrected chi connectivity index (χ3v) is 4.57. The SMILES string of the molecule is CCc1ccc(C2(CC)CC2CNC(C)C)cc1. The highest BCUT2D eigenvalue weighted by Gasteiger charge is 2.52. The lowest BCUT2D eigenvalue weighted by Gasteiger charge is -2.17. The molecule has 0 heterocycles.